The fraction of sp³-hybridized carbons (Fsp3) is 0.394. The molecule has 3 aromatic rings. The van der Waals surface area contributed by atoms with Gasteiger partial charge in [0.05, 0.1) is 20.6 Å². The molecule has 1 aliphatic carbocycles. The molecule has 0 saturated heterocycles. The lowest BCUT2D eigenvalue weighted by Gasteiger charge is -2.34. The van der Waals surface area contributed by atoms with Crippen LogP contribution in [0.5, 0.6) is 0 Å². The molecule has 3 aromatic carbocycles. The standard InChI is InChI=1S/C33H39Cl2N3O4S/c1-5-31(33(40)36-26-8-6-7-9-26)37(20-25-13-17-29(34)30(35)19-25)32(39)21-38(27-14-12-23(3)24(4)18-27)43(41,42)28-15-10-22(2)11-16-28/h10-19,26,31H,5-9,20-21H2,1-4H3,(H,36,40)/t31-/m0/s1. The average Bonchev–Trinajstić information content (AvgIpc) is 3.48. The van der Waals surface area contributed by atoms with E-state index in [0.29, 0.717) is 27.7 Å². The number of amides is 2. The number of nitrogens with zero attached hydrogens (tertiary/aromatic N) is 2. The summed E-state index contributed by atoms with van der Waals surface area (Å²) < 4.78 is 29.3. The summed E-state index contributed by atoms with van der Waals surface area (Å²) >= 11 is 12.4. The summed E-state index contributed by atoms with van der Waals surface area (Å²) in [5, 5.41) is 3.82. The van der Waals surface area contributed by atoms with Gasteiger partial charge in [0.15, 0.2) is 0 Å². The molecule has 0 aliphatic heterocycles. The van der Waals surface area contributed by atoms with Crippen LogP contribution in [0.3, 0.4) is 0 Å². The van der Waals surface area contributed by atoms with Crippen molar-refractivity contribution in [2.24, 2.45) is 0 Å². The molecule has 1 aliphatic rings. The van der Waals surface area contributed by atoms with E-state index in [1.54, 1.807) is 54.6 Å². The first-order valence-electron chi connectivity index (χ1n) is 14.6. The third-order valence-electron chi connectivity index (χ3n) is 8.09. The van der Waals surface area contributed by atoms with E-state index in [1.165, 1.54) is 4.90 Å². The Bertz CT molecular complexity index is 1570. The second kappa shape index (κ2) is 14.1. The maximum Gasteiger partial charge on any atom is 0.264 e. The molecule has 4 rings (SSSR count). The minimum absolute atomic E-state index is 0.0532. The second-order valence-corrected chi connectivity index (χ2v) is 14.0. The Balaban J connectivity index is 1.74. The first-order chi connectivity index (χ1) is 20.4. The summed E-state index contributed by atoms with van der Waals surface area (Å²) in [6.45, 7) is 7.12. The largest absolute Gasteiger partial charge is 0.352 e. The van der Waals surface area contributed by atoms with Gasteiger partial charge in [-0.2, -0.15) is 0 Å². The van der Waals surface area contributed by atoms with Gasteiger partial charge in [-0.3, -0.25) is 13.9 Å². The van der Waals surface area contributed by atoms with Crippen LogP contribution in [0, 0.1) is 20.8 Å². The fourth-order valence-corrected chi connectivity index (χ4v) is 7.10. The second-order valence-electron chi connectivity index (χ2n) is 11.3. The Morgan fingerprint density at radius 2 is 1.58 bits per heavy atom. The van der Waals surface area contributed by atoms with E-state index in [1.807, 2.05) is 33.8 Å². The molecule has 1 N–H and O–H groups in total. The molecule has 43 heavy (non-hydrogen) atoms. The number of rotatable bonds is 11. The van der Waals surface area contributed by atoms with E-state index < -0.39 is 28.5 Å². The van der Waals surface area contributed by atoms with Crippen LogP contribution in [0.1, 0.15) is 61.3 Å². The number of benzene rings is 3. The van der Waals surface area contributed by atoms with Crippen molar-refractivity contribution >= 4 is 50.7 Å². The van der Waals surface area contributed by atoms with E-state index in [4.69, 9.17) is 23.2 Å². The first kappa shape index (κ1) is 32.8. The molecule has 0 heterocycles. The minimum Gasteiger partial charge on any atom is -0.352 e. The highest BCUT2D eigenvalue weighted by Gasteiger charge is 2.34. The van der Waals surface area contributed by atoms with Crippen molar-refractivity contribution in [3.05, 3.63) is 93.0 Å². The molecule has 10 heteroatoms. The third kappa shape index (κ3) is 7.91. The summed E-state index contributed by atoms with van der Waals surface area (Å²) in [7, 11) is -4.14. The van der Waals surface area contributed by atoms with Crippen LogP contribution in [-0.4, -0.2) is 43.8 Å². The highest BCUT2D eigenvalue weighted by molar-refractivity contribution is 7.92. The summed E-state index contributed by atoms with van der Waals surface area (Å²) in [4.78, 5) is 29.4. The number of nitrogens with one attached hydrogen (secondary N) is 1. The number of aryl methyl sites for hydroxylation is 3. The van der Waals surface area contributed by atoms with Gasteiger partial charge < -0.3 is 10.2 Å². The molecule has 1 atom stereocenters. The van der Waals surface area contributed by atoms with Crippen LogP contribution < -0.4 is 9.62 Å². The molecule has 0 spiro atoms. The number of halogens is 2. The van der Waals surface area contributed by atoms with Gasteiger partial charge in [0, 0.05) is 12.6 Å². The van der Waals surface area contributed by atoms with E-state index in [0.717, 1.165) is 46.7 Å². The van der Waals surface area contributed by atoms with Crippen LogP contribution in [0.2, 0.25) is 10.0 Å². The van der Waals surface area contributed by atoms with Crippen molar-refractivity contribution in [3.63, 3.8) is 0 Å². The van der Waals surface area contributed by atoms with Gasteiger partial charge in [-0.1, -0.05) is 72.8 Å². The lowest BCUT2D eigenvalue weighted by molar-refractivity contribution is -0.140. The highest BCUT2D eigenvalue weighted by Crippen LogP contribution is 2.28. The molecular formula is C33H39Cl2N3O4S. The van der Waals surface area contributed by atoms with E-state index >= 15 is 0 Å². The Hall–Kier alpha value is -3.07. The summed E-state index contributed by atoms with van der Waals surface area (Å²) in [6, 6.07) is 16.2. The quantitative estimate of drug-likeness (QED) is 0.244. The number of hydrogen-bond donors (Lipinski definition) is 1. The van der Waals surface area contributed by atoms with Gasteiger partial charge in [-0.05, 0) is 93.1 Å². The average molecular weight is 645 g/mol. The molecular weight excluding hydrogens is 605 g/mol. The van der Waals surface area contributed by atoms with Crippen LogP contribution in [0.15, 0.2) is 65.6 Å². The smallest absolute Gasteiger partial charge is 0.264 e. The van der Waals surface area contributed by atoms with Crippen LogP contribution >= 0.6 is 23.2 Å². The van der Waals surface area contributed by atoms with Crippen molar-refractivity contribution in [1.29, 1.82) is 0 Å². The molecule has 0 unspecified atom stereocenters. The van der Waals surface area contributed by atoms with Crippen LogP contribution in [0.25, 0.3) is 0 Å². The fourth-order valence-electron chi connectivity index (χ4n) is 5.37. The summed E-state index contributed by atoms with van der Waals surface area (Å²) in [6.07, 6.45) is 4.25. The molecule has 0 radical (unpaired) electrons. The topological polar surface area (TPSA) is 86.8 Å². The Labute approximate surface area is 265 Å². The number of hydrogen-bond acceptors (Lipinski definition) is 4. The van der Waals surface area contributed by atoms with Gasteiger partial charge in [0.1, 0.15) is 12.6 Å². The van der Waals surface area contributed by atoms with E-state index in [9.17, 15) is 18.0 Å². The normalized spacial score (nSPS) is 14.4. The molecule has 230 valence electrons. The van der Waals surface area contributed by atoms with Gasteiger partial charge in [0.25, 0.3) is 10.0 Å². The van der Waals surface area contributed by atoms with Gasteiger partial charge >= 0.3 is 0 Å². The van der Waals surface area contributed by atoms with E-state index in [2.05, 4.69) is 5.32 Å². The maximum atomic E-state index is 14.3. The molecule has 1 fully saturated rings. The van der Waals surface area contributed by atoms with Gasteiger partial charge in [-0.15, -0.1) is 0 Å². The number of sulfonamides is 1. The van der Waals surface area contributed by atoms with Crippen LogP contribution in [-0.2, 0) is 26.2 Å². The van der Waals surface area contributed by atoms with E-state index in [-0.39, 0.29) is 23.4 Å². The highest BCUT2D eigenvalue weighted by atomic mass is 35.5. The SMILES string of the molecule is CC[C@@H](C(=O)NC1CCCC1)N(Cc1ccc(Cl)c(Cl)c1)C(=O)CN(c1ccc(C)c(C)c1)S(=O)(=O)c1ccc(C)cc1. The van der Waals surface area contributed by atoms with Gasteiger partial charge in [-0.25, -0.2) is 8.42 Å². The zero-order valence-electron chi connectivity index (χ0n) is 25.1. The molecule has 2 amide bonds. The van der Waals surface area contributed by atoms with Crippen molar-refractivity contribution in [2.45, 2.75) is 83.3 Å². The Morgan fingerprint density at radius 1 is 0.907 bits per heavy atom. The van der Waals surface area contributed by atoms with Crippen molar-refractivity contribution in [1.82, 2.24) is 10.2 Å². The zero-order valence-corrected chi connectivity index (χ0v) is 27.4. The van der Waals surface area contributed by atoms with Crippen molar-refractivity contribution < 1.29 is 18.0 Å². The number of anilines is 1. The third-order valence-corrected chi connectivity index (χ3v) is 10.6. The number of carbonyl (C=O) groups is 2. The van der Waals surface area contributed by atoms with Crippen LogP contribution in [0.4, 0.5) is 5.69 Å². The van der Waals surface area contributed by atoms with Gasteiger partial charge in [0.2, 0.25) is 11.8 Å². The summed E-state index contributed by atoms with van der Waals surface area (Å²) in [5.74, 6) is -0.754. The molecule has 0 aromatic heterocycles. The minimum atomic E-state index is -4.14. The number of carbonyl (C=O) groups excluding carboxylic acids is 2. The Morgan fingerprint density at radius 3 is 2.19 bits per heavy atom. The molecule has 0 bridgehead atoms. The predicted molar refractivity (Wildman–Crippen MR) is 173 cm³/mol. The van der Waals surface area contributed by atoms with Crippen molar-refractivity contribution in [3.8, 4) is 0 Å². The Kier molecular flexibility index (Phi) is 10.8. The van der Waals surface area contributed by atoms with Crippen molar-refractivity contribution in [2.75, 3.05) is 10.8 Å². The lowest BCUT2D eigenvalue weighted by atomic mass is 10.1. The maximum absolute atomic E-state index is 14.3. The lowest BCUT2D eigenvalue weighted by Crippen LogP contribution is -2.53. The zero-order chi connectivity index (χ0) is 31.3. The monoisotopic (exact) mass is 643 g/mol. The predicted octanol–water partition coefficient (Wildman–Crippen LogP) is 6.98. The summed E-state index contributed by atoms with van der Waals surface area (Å²) in [5.41, 5.74) is 3.85. The first-order valence-corrected chi connectivity index (χ1v) is 16.8. The molecule has 7 nitrogen and oxygen atoms in total. The molecule has 1 saturated carbocycles.